The monoisotopic (exact) mass is 584 g/mol. The van der Waals surface area contributed by atoms with E-state index in [2.05, 4.69) is 16.0 Å². The van der Waals surface area contributed by atoms with E-state index in [0.717, 1.165) is 12.8 Å². The van der Waals surface area contributed by atoms with Crippen LogP contribution in [0.4, 0.5) is 0 Å². The van der Waals surface area contributed by atoms with Crippen LogP contribution in [0, 0.1) is 5.92 Å². The van der Waals surface area contributed by atoms with Crippen LogP contribution in [0.3, 0.4) is 0 Å². The van der Waals surface area contributed by atoms with E-state index < -0.39 is 29.8 Å². The first-order valence-electron chi connectivity index (χ1n) is 14.0. The molecule has 2 aromatic carbocycles. The Labute approximate surface area is 245 Å². The summed E-state index contributed by atoms with van der Waals surface area (Å²) < 4.78 is 11.7. The van der Waals surface area contributed by atoms with E-state index in [4.69, 9.17) is 21.1 Å². The largest absolute Gasteiger partial charge is 0.492 e. The Morgan fingerprint density at radius 1 is 1.12 bits per heavy atom. The highest BCUT2D eigenvalue weighted by Crippen LogP contribution is 2.24. The van der Waals surface area contributed by atoms with Gasteiger partial charge in [0.15, 0.2) is 0 Å². The quantitative estimate of drug-likeness (QED) is 0.430. The number of rotatable bonds is 7. The van der Waals surface area contributed by atoms with Crippen molar-refractivity contribution in [3.05, 3.63) is 59.1 Å². The molecule has 1 fully saturated rings. The smallest absolute Gasteiger partial charge is 0.255 e. The number of para-hydroxylation sites is 1. The SMILES string of the molecule is CC(C)C[C@@H]1NC(=O)C[C@@H](C(=O)NCCOc2ccc(Cl)cc2)NC(=O)c2ccccc2OC[C@H]2CCCN2C1=O. The molecule has 0 bridgehead atoms. The number of carbonyl (C=O) groups excluding carboxylic acids is 4. The fourth-order valence-electron chi connectivity index (χ4n) is 5.04. The minimum atomic E-state index is -1.19. The Morgan fingerprint density at radius 3 is 2.63 bits per heavy atom. The lowest BCUT2D eigenvalue weighted by molar-refractivity contribution is -0.138. The van der Waals surface area contributed by atoms with Gasteiger partial charge in [-0.3, -0.25) is 19.2 Å². The third-order valence-electron chi connectivity index (χ3n) is 7.06. The highest BCUT2D eigenvalue weighted by atomic mass is 35.5. The van der Waals surface area contributed by atoms with Crippen LogP contribution in [0.2, 0.25) is 5.02 Å². The number of carbonyl (C=O) groups is 4. The van der Waals surface area contributed by atoms with Gasteiger partial charge in [-0.15, -0.1) is 0 Å². The fourth-order valence-corrected chi connectivity index (χ4v) is 5.17. The van der Waals surface area contributed by atoms with Crippen molar-refractivity contribution in [3.8, 4) is 11.5 Å². The summed E-state index contributed by atoms with van der Waals surface area (Å²) in [5, 5.41) is 8.84. The molecule has 4 amide bonds. The first kappa shape index (κ1) is 30.2. The van der Waals surface area contributed by atoms with Crippen molar-refractivity contribution in [2.75, 3.05) is 26.3 Å². The van der Waals surface area contributed by atoms with E-state index in [9.17, 15) is 19.2 Å². The van der Waals surface area contributed by atoms with E-state index in [1.165, 1.54) is 0 Å². The Bertz CT molecular complexity index is 1240. The summed E-state index contributed by atoms with van der Waals surface area (Å²) in [6, 6.07) is 11.4. The molecule has 0 spiro atoms. The molecule has 220 valence electrons. The molecule has 10 nitrogen and oxygen atoms in total. The second-order valence-corrected chi connectivity index (χ2v) is 11.1. The maximum atomic E-state index is 13.6. The molecule has 4 rings (SSSR count). The standard InChI is InChI=1S/C30H37ClN4O6/c1-19(2)16-25-30(39)35-14-5-6-21(35)18-41-26-8-4-3-7-23(26)28(37)34-24(17-27(36)33-25)29(38)32-13-15-40-22-11-9-20(31)10-12-22/h3-4,7-12,19,21,24-25H,5-6,13-18H2,1-2H3,(H,32,38)(H,33,36)(H,34,37)/t21-,24+,25+/m1/s1. The molecule has 2 aliphatic heterocycles. The van der Waals surface area contributed by atoms with Crippen molar-refractivity contribution in [1.82, 2.24) is 20.9 Å². The Hall–Kier alpha value is -3.79. The molecular weight excluding hydrogens is 548 g/mol. The zero-order valence-electron chi connectivity index (χ0n) is 23.4. The molecule has 0 saturated carbocycles. The molecule has 0 aromatic heterocycles. The highest BCUT2D eigenvalue weighted by Gasteiger charge is 2.36. The lowest BCUT2D eigenvalue weighted by Crippen LogP contribution is -2.54. The van der Waals surface area contributed by atoms with Gasteiger partial charge < -0.3 is 30.3 Å². The zero-order valence-corrected chi connectivity index (χ0v) is 24.1. The van der Waals surface area contributed by atoms with Crippen molar-refractivity contribution in [1.29, 1.82) is 0 Å². The van der Waals surface area contributed by atoms with Crippen LogP contribution < -0.4 is 25.4 Å². The maximum absolute atomic E-state index is 13.6. The number of ether oxygens (including phenoxy) is 2. The van der Waals surface area contributed by atoms with Crippen molar-refractivity contribution < 1.29 is 28.7 Å². The topological polar surface area (TPSA) is 126 Å². The van der Waals surface area contributed by atoms with Gasteiger partial charge in [0.05, 0.1) is 24.6 Å². The molecule has 3 N–H and O–H groups in total. The third-order valence-corrected chi connectivity index (χ3v) is 7.31. The summed E-state index contributed by atoms with van der Waals surface area (Å²) in [5.74, 6) is -0.669. The van der Waals surface area contributed by atoms with Crippen LogP contribution in [0.25, 0.3) is 0 Å². The van der Waals surface area contributed by atoms with Gasteiger partial charge in [-0.1, -0.05) is 37.6 Å². The Balaban J connectivity index is 1.52. The molecule has 41 heavy (non-hydrogen) atoms. The van der Waals surface area contributed by atoms with Gasteiger partial charge in [-0.2, -0.15) is 0 Å². The summed E-state index contributed by atoms with van der Waals surface area (Å²) in [5.41, 5.74) is 0.238. The molecule has 1 saturated heterocycles. The lowest BCUT2D eigenvalue weighted by Gasteiger charge is -2.31. The fraction of sp³-hybridized carbons (Fsp3) is 0.467. The molecule has 3 atom stereocenters. The van der Waals surface area contributed by atoms with Gasteiger partial charge in [0.25, 0.3) is 5.91 Å². The van der Waals surface area contributed by atoms with Gasteiger partial charge in [0.1, 0.15) is 36.8 Å². The highest BCUT2D eigenvalue weighted by molar-refractivity contribution is 6.30. The number of nitrogens with zero attached hydrogens (tertiary/aromatic N) is 1. The Kier molecular flexibility index (Phi) is 10.5. The molecule has 2 heterocycles. The van der Waals surface area contributed by atoms with E-state index >= 15 is 0 Å². The second-order valence-electron chi connectivity index (χ2n) is 10.7. The minimum absolute atomic E-state index is 0.139. The first-order chi connectivity index (χ1) is 19.7. The van der Waals surface area contributed by atoms with Gasteiger partial charge in [0, 0.05) is 11.6 Å². The van der Waals surface area contributed by atoms with E-state index in [-0.39, 0.29) is 49.6 Å². The van der Waals surface area contributed by atoms with Crippen LogP contribution >= 0.6 is 11.6 Å². The third kappa shape index (κ3) is 8.36. The summed E-state index contributed by atoms with van der Waals surface area (Å²) in [4.78, 5) is 55.1. The molecule has 0 unspecified atom stereocenters. The molecule has 11 heteroatoms. The average Bonchev–Trinajstić information content (AvgIpc) is 3.42. The van der Waals surface area contributed by atoms with Gasteiger partial charge in [-0.05, 0) is 61.6 Å². The van der Waals surface area contributed by atoms with Crippen LogP contribution in [0.1, 0.15) is 49.9 Å². The van der Waals surface area contributed by atoms with Gasteiger partial charge in [-0.25, -0.2) is 0 Å². The Morgan fingerprint density at radius 2 is 1.88 bits per heavy atom. The number of halogens is 1. The number of amides is 4. The normalized spacial score (nSPS) is 21.6. The van der Waals surface area contributed by atoms with Crippen molar-refractivity contribution in [2.45, 2.75) is 57.7 Å². The molecule has 2 aliphatic rings. The van der Waals surface area contributed by atoms with E-state index in [1.54, 1.807) is 53.4 Å². The van der Waals surface area contributed by atoms with Crippen molar-refractivity contribution in [3.63, 3.8) is 0 Å². The van der Waals surface area contributed by atoms with Crippen LogP contribution in [-0.2, 0) is 14.4 Å². The number of fused-ring (bicyclic) bond motifs is 2. The predicted octanol–water partition coefficient (Wildman–Crippen LogP) is 2.94. The summed E-state index contributed by atoms with van der Waals surface area (Å²) in [6.45, 7) is 5.06. The predicted molar refractivity (Wildman–Crippen MR) is 154 cm³/mol. The van der Waals surface area contributed by atoms with Crippen LogP contribution in [-0.4, -0.2) is 73.0 Å². The zero-order chi connectivity index (χ0) is 29.4. The number of benzene rings is 2. The average molecular weight is 585 g/mol. The van der Waals surface area contributed by atoms with Crippen molar-refractivity contribution in [2.24, 2.45) is 5.92 Å². The van der Waals surface area contributed by atoms with Crippen LogP contribution in [0.15, 0.2) is 48.5 Å². The molecular formula is C30H37ClN4O6. The second kappa shape index (κ2) is 14.2. The number of hydrogen-bond acceptors (Lipinski definition) is 6. The number of nitrogens with one attached hydrogen (secondary N) is 3. The summed E-state index contributed by atoms with van der Waals surface area (Å²) in [6.07, 6.45) is 1.70. The van der Waals surface area contributed by atoms with Crippen LogP contribution in [0.5, 0.6) is 11.5 Å². The molecule has 0 aliphatic carbocycles. The first-order valence-corrected chi connectivity index (χ1v) is 14.4. The van der Waals surface area contributed by atoms with E-state index in [0.29, 0.717) is 29.5 Å². The minimum Gasteiger partial charge on any atom is -0.492 e. The molecule has 0 radical (unpaired) electrons. The molecule has 2 aromatic rings. The van der Waals surface area contributed by atoms with Gasteiger partial charge >= 0.3 is 0 Å². The summed E-state index contributed by atoms with van der Waals surface area (Å²) >= 11 is 5.90. The number of hydrogen-bond donors (Lipinski definition) is 3. The van der Waals surface area contributed by atoms with E-state index in [1.807, 2.05) is 13.8 Å². The summed E-state index contributed by atoms with van der Waals surface area (Å²) in [7, 11) is 0. The lowest BCUT2D eigenvalue weighted by atomic mass is 10.0. The maximum Gasteiger partial charge on any atom is 0.255 e. The van der Waals surface area contributed by atoms with Gasteiger partial charge in [0.2, 0.25) is 17.7 Å². The van der Waals surface area contributed by atoms with Crippen molar-refractivity contribution >= 4 is 35.2 Å².